The maximum absolute atomic E-state index is 13.4. The van der Waals surface area contributed by atoms with Gasteiger partial charge in [0.15, 0.2) is 0 Å². The van der Waals surface area contributed by atoms with Crippen molar-refractivity contribution in [1.29, 1.82) is 0 Å². The van der Waals surface area contributed by atoms with E-state index >= 15 is 0 Å². The normalized spacial score (nSPS) is 10.9. The van der Waals surface area contributed by atoms with Crippen LogP contribution in [0, 0.1) is 20.8 Å². The summed E-state index contributed by atoms with van der Waals surface area (Å²) < 4.78 is 1.76. The highest BCUT2D eigenvalue weighted by Crippen LogP contribution is 2.33. The van der Waals surface area contributed by atoms with Crippen molar-refractivity contribution >= 4 is 17.6 Å². The first-order valence-corrected chi connectivity index (χ1v) is 12.1. The Morgan fingerprint density at radius 3 is 2.03 bits per heavy atom. The van der Waals surface area contributed by atoms with Gasteiger partial charge in [-0.25, -0.2) is 4.68 Å². The molecule has 1 heterocycles. The van der Waals surface area contributed by atoms with Gasteiger partial charge in [-0.15, -0.1) is 0 Å². The number of amides is 2. The number of nitrogens with one attached hydrogen (secondary N) is 1. The van der Waals surface area contributed by atoms with E-state index in [1.165, 1.54) is 0 Å². The van der Waals surface area contributed by atoms with Crippen LogP contribution in [0.5, 0.6) is 0 Å². The molecule has 6 nitrogen and oxygen atoms in total. The third-order valence-electron chi connectivity index (χ3n) is 6.16. The van der Waals surface area contributed by atoms with Crippen LogP contribution in [-0.2, 0) is 4.79 Å². The van der Waals surface area contributed by atoms with E-state index in [9.17, 15) is 9.59 Å². The second-order valence-electron chi connectivity index (χ2n) is 9.36. The highest BCUT2D eigenvalue weighted by atomic mass is 16.2. The maximum atomic E-state index is 13.4. The number of carbonyl (C=O) groups excluding carboxylic acids is 2. The van der Waals surface area contributed by atoms with E-state index in [0.717, 1.165) is 33.6 Å². The molecule has 0 spiro atoms. The fraction of sp³-hybridized carbons (Fsp3) is 0.233. The molecule has 0 saturated carbocycles. The molecule has 1 N–H and O–H groups in total. The SMILES string of the molecule is Cc1ccc(C(=O)N(CC(=O)Nc2c(-c3ccccc3)c(C)nn2-c2ccc(C)cc2)C(C)C)cc1. The average Bonchev–Trinajstić information content (AvgIpc) is 3.18. The van der Waals surface area contributed by atoms with E-state index in [2.05, 4.69) is 5.32 Å². The zero-order valence-electron chi connectivity index (χ0n) is 21.4. The third kappa shape index (κ3) is 5.38. The minimum atomic E-state index is -0.283. The van der Waals surface area contributed by atoms with Gasteiger partial charge in [0.25, 0.3) is 5.91 Å². The molecule has 0 saturated heterocycles. The van der Waals surface area contributed by atoms with Gasteiger partial charge in [0.2, 0.25) is 5.91 Å². The molecular formula is C30H32N4O2. The quantitative estimate of drug-likeness (QED) is 0.355. The zero-order chi connectivity index (χ0) is 25.8. The Morgan fingerprint density at radius 2 is 1.44 bits per heavy atom. The van der Waals surface area contributed by atoms with Gasteiger partial charge in [0.05, 0.1) is 11.4 Å². The molecule has 184 valence electrons. The highest BCUT2D eigenvalue weighted by Gasteiger charge is 2.25. The lowest BCUT2D eigenvalue weighted by Crippen LogP contribution is -2.42. The van der Waals surface area contributed by atoms with Crippen LogP contribution in [0.4, 0.5) is 5.82 Å². The van der Waals surface area contributed by atoms with Gasteiger partial charge in [-0.05, 0) is 64.4 Å². The minimum absolute atomic E-state index is 0.0727. The molecule has 0 atom stereocenters. The summed E-state index contributed by atoms with van der Waals surface area (Å²) in [5.74, 6) is 0.125. The maximum Gasteiger partial charge on any atom is 0.254 e. The first kappa shape index (κ1) is 24.9. The lowest BCUT2D eigenvalue weighted by molar-refractivity contribution is -0.117. The van der Waals surface area contributed by atoms with Gasteiger partial charge in [-0.2, -0.15) is 5.10 Å². The minimum Gasteiger partial charge on any atom is -0.327 e. The number of nitrogens with zero attached hydrogens (tertiary/aromatic N) is 3. The van der Waals surface area contributed by atoms with Crippen LogP contribution in [-0.4, -0.2) is 39.1 Å². The molecule has 0 fully saturated rings. The Morgan fingerprint density at radius 1 is 0.861 bits per heavy atom. The molecule has 0 aliphatic heterocycles. The molecule has 0 radical (unpaired) electrons. The Labute approximate surface area is 212 Å². The van der Waals surface area contributed by atoms with Crippen LogP contribution in [0.25, 0.3) is 16.8 Å². The lowest BCUT2D eigenvalue weighted by atomic mass is 10.1. The molecule has 0 aliphatic carbocycles. The van der Waals surface area contributed by atoms with Crippen molar-refractivity contribution in [3.8, 4) is 16.8 Å². The zero-order valence-corrected chi connectivity index (χ0v) is 21.4. The molecule has 6 heteroatoms. The van der Waals surface area contributed by atoms with E-state index in [1.807, 2.05) is 101 Å². The second-order valence-corrected chi connectivity index (χ2v) is 9.36. The van der Waals surface area contributed by atoms with Gasteiger partial charge in [-0.3, -0.25) is 9.59 Å². The summed E-state index contributed by atoms with van der Waals surface area (Å²) in [5, 5.41) is 7.85. The molecule has 4 rings (SSSR count). The molecule has 0 unspecified atom stereocenters. The number of carbonyl (C=O) groups is 2. The van der Waals surface area contributed by atoms with E-state index in [1.54, 1.807) is 21.7 Å². The van der Waals surface area contributed by atoms with Crippen molar-refractivity contribution in [2.45, 2.75) is 40.7 Å². The Balaban J connectivity index is 1.68. The van der Waals surface area contributed by atoms with E-state index in [-0.39, 0.29) is 24.4 Å². The summed E-state index contributed by atoms with van der Waals surface area (Å²) in [6.45, 7) is 9.69. The largest absolute Gasteiger partial charge is 0.327 e. The topological polar surface area (TPSA) is 67.2 Å². The van der Waals surface area contributed by atoms with Gasteiger partial charge >= 0.3 is 0 Å². The van der Waals surface area contributed by atoms with Gasteiger partial charge in [-0.1, -0.05) is 65.7 Å². The van der Waals surface area contributed by atoms with Crippen molar-refractivity contribution < 1.29 is 9.59 Å². The summed E-state index contributed by atoms with van der Waals surface area (Å²) in [7, 11) is 0. The molecule has 2 amide bonds. The Hall–Kier alpha value is -4.19. The summed E-state index contributed by atoms with van der Waals surface area (Å²) in [6, 6.07) is 25.1. The van der Waals surface area contributed by atoms with Crippen molar-refractivity contribution in [3.63, 3.8) is 0 Å². The van der Waals surface area contributed by atoms with E-state index in [0.29, 0.717) is 11.4 Å². The number of hydrogen-bond acceptors (Lipinski definition) is 3. The number of hydrogen-bond donors (Lipinski definition) is 1. The summed E-state index contributed by atoms with van der Waals surface area (Å²) in [5.41, 5.74) is 6.23. The van der Waals surface area contributed by atoms with Crippen LogP contribution < -0.4 is 5.32 Å². The standard InChI is InChI=1S/C30H32N4O2/c1-20(2)33(30(36)25-15-11-21(3)12-16-25)19-27(35)31-29-28(24-9-7-6-8-10-24)23(5)32-34(29)26-17-13-22(4)14-18-26/h6-18,20H,19H2,1-5H3,(H,31,35). The second kappa shape index (κ2) is 10.6. The monoisotopic (exact) mass is 480 g/mol. The van der Waals surface area contributed by atoms with Gasteiger partial charge in [0, 0.05) is 17.2 Å². The van der Waals surface area contributed by atoms with Gasteiger partial charge in [0.1, 0.15) is 12.4 Å². The fourth-order valence-corrected chi connectivity index (χ4v) is 4.14. The predicted octanol–water partition coefficient (Wildman–Crippen LogP) is 5.95. The van der Waals surface area contributed by atoms with Crippen LogP contribution in [0.1, 0.15) is 41.0 Å². The summed E-state index contributed by atoms with van der Waals surface area (Å²) in [6.07, 6.45) is 0. The van der Waals surface area contributed by atoms with E-state index in [4.69, 9.17) is 5.10 Å². The van der Waals surface area contributed by atoms with Crippen LogP contribution in [0.3, 0.4) is 0 Å². The molecule has 0 aliphatic rings. The van der Waals surface area contributed by atoms with Crippen LogP contribution >= 0.6 is 0 Å². The molecule has 36 heavy (non-hydrogen) atoms. The molecule has 0 bridgehead atoms. The van der Waals surface area contributed by atoms with E-state index < -0.39 is 0 Å². The van der Waals surface area contributed by atoms with Crippen molar-refractivity contribution in [2.75, 3.05) is 11.9 Å². The number of anilines is 1. The van der Waals surface area contributed by atoms with Crippen LogP contribution in [0.2, 0.25) is 0 Å². The smallest absolute Gasteiger partial charge is 0.254 e. The molecular weight excluding hydrogens is 448 g/mol. The number of benzene rings is 3. The predicted molar refractivity (Wildman–Crippen MR) is 144 cm³/mol. The first-order valence-electron chi connectivity index (χ1n) is 12.1. The van der Waals surface area contributed by atoms with Crippen molar-refractivity contribution in [1.82, 2.24) is 14.7 Å². The van der Waals surface area contributed by atoms with Crippen LogP contribution in [0.15, 0.2) is 78.9 Å². The average molecular weight is 481 g/mol. The molecule has 1 aromatic heterocycles. The number of rotatable bonds is 7. The number of aryl methyl sites for hydroxylation is 3. The van der Waals surface area contributed by atoms with Crippen molar-refractivity contribution in [2.24, 2.45) is 0 Å². The highest BCUT2D eigenvalue weighted by molar-refractivity contribution is 6.01. The molecule has 3 aromatic carbocycles. The summed E-state index contributed by atoms with van der Waals surface area (Å²) >= 11 is 0. The first-order chi connectivity index (χ1) is 17.2. The molecule has 4 aromatic rings. The van der Waals surface area contributed by atoms with Crippen molar-refractivity contribution in [3.05, 3.63) is 101 Å². The Kier molecular flexibility index (Phi) is 7.34. The summed E-state index contributed by atoms with van der Waals surface area (Å²) in [4.78, 5) is 28.2. The number of aromatic nitrogens is 2. The fourth-order valence-electron chi connectivity index (χ4n) is 4.14. The third-order valence-corrected chi connectivity index (χ3v) is 6.16. The Bertz CT molecular complexity index is 1350. The van der Waals surface area contributed by atoms with Gasteiger partial charge < -0.3 is 10.2 Å². The lowest BCUT2D eigenvalue weighted by Gasteiger charge is -2.26.